The predicted octanol–water partition coefficient (Wildman–Crippen LogP) is 2.33. The van der Waals surface area contributed by atoms with Crippen molar-refractivity contribution in [2.24, 2.45) is 0 Å². The Bertz CT molecular complexity index is 381. The topological polar surface area (TPSA) is 39.9 Å². The first-order valence-electron chi connectivity index (χ1n) is 5.47. The van der Waals surface area contributed by atoms with Crippen molar-refractivity contribution in [3.63, 3.8) is 0 Å². The minimum Gasteiger partial charge on any atom is -0.366 e. The first-order chi connectivity index (χ1) is 7.36. The van der Waals surface area contributed by atoms with Gasteiger partial charge in [-0.1, -0.05) is 6.92 Å². The van der Waals surface area contributed by atoms with Gasteiger partial charge < -0.3 is 4.90 Å². The molecule has 1 aromatic heterocycles. The number of hydrogen-bond donors (Lipinski definition) is 0. The summed E-state index contributed by atoms with van der Waals surface area (Å²) in [6.07, 6.45) is 7.08. The van der Waals surface area contributed by atoms with Crippen molar-refractivity contribution in [3.05, 3.63) is 24.0 Å². The molecule has 0 bridgehead atoms. The molecular weight excluding hydrogens is 186 g/mol. The van der Waals surface area contributed by atoms with Gasteiger partial charge in [0.05, 0.1) is 17.4 Å². The standard InChI is InChI=1S/C12H15N3/c1-2-11-4-3-7-15(11)12-9-14-6-5-10(12)8-13/h5-6,9,11H,2-4,7H2,1H3. The Morgan fingerprint density at radius 2 is 2.53 bits per heavy atom. The maximum absolute atomic E-state index is 9.03. The molecule has 0 N–H and O–H groups in total. The van der Waals surface area contributed by atoms with Crippen LogP contribution in [-0.4, -0.2) is 17.6 Å². The molecule has 1 fully saturated rings. The van der Waals surface area contributed by atoms with E-state index in [1.807, 2.05) is 6.20 Å². The average Bonchev–Trinajstić information content (AvgIpc) is 2.76. The van der Waals surface area contributed by atoms with Gasteiger partial charge >= 0.3 is 0 Å². The number of anilines is 1. The van der Waals surface area contributed by atoms with Gasteiger partial charge in [0.2, 0.25) is 0 Å². The summed E-state index contributed by atoms with van der Waals surface area (Å²) in [6, 6.07) is 4.61. The summed E-state index contributed by atoms with van der Waals surface area (Å²) >= 11 is 0. The van der Waals surface area contributed by atoms with E-state index in [1.54, 1.807) is 12.3 Å². The van der Waals surface area contributed by atoms with Gasteiger partial charge in [0.25, 0.3) is 0 Å². The fourth-order valence-corrected chi connectivity index (χ4v) is 2.29. The van der Waals surface area contributed by atoms with Gasteiger partial charge in [0, 0.05) is 18.8 Å². The third-order valence-electron chi connectivity index (χ3n) is 3.08. The fraction of sp³-hybridized carbons (Fsp3) is 0.500. The maximum atomic E-state index is 9.03. The summed E-state index contributed by atoms with van der Waals surface area (Å²) in [4.78, 5) is 6.44. The second kappa shape index (κ2) is 4.31. The van der Waals surface area contributed by atoms with E-state index in [-0.39, 0.29) is 0 Å². The first-order valence-corrected chi connectivity index (χ1v) is 5.47. The van der Waals surface area contributed by atoms with Crippen LogP contribution in [0.3, 0.4) is 0 Å². The molecule has 0 saturated carbocycles. The van der Waals surface area contributed by atoms with Crippen molar-refractivity contribution in [3.8, 4) is 6.07 Å². The highest BCUT2D eigenvalue weighted by molar-refractivity contribution is 5.58. The zero-order valence-corrected chi connectivity index (χ0v) is 8.98. The smallest absolute Gasteiger partial charge is 0.101 e. The highest BCUT2D eigenvalue weighted by Gasteiger charge is 2.24. The van der Waals surface area contributed by atoms with Gasteiger partial charge in [0.1, 0.15) is 6.07 Å². The van der Waals surface area contributed by atoms with Crippen LogP contribution in [0.1, 0.15) is 31.7 Å². The minimum absolute atomic E-state index is 0.585. The fourth-order valence-electron chi connectivity index (χ4n) is 2.29. The lowest BCUT2D eigenvalue weighted by Gasteiger charge is -2.26. The van der Waals surface area contributed by atoms with Crippen molar-refractivity contribution < 1.29 is 0 Å². The Morgan fingerprint density at radius 3 is 3.27 bits per heavy atom. The van der Waals surface area contributed by atoms with E-state index in [9.17, 15) is 0 Å². The van der Waals surface area contributed by atoms with Gasteiger partial charge in [-0.25, -0.2) is 0 Å². The molecule has 1 aromatic rings. The molecule has 78 valence electrons. The lowest BCUT2D eigenvalue weighted by atomic mass is 10.1. The Balaban J connectivity index is 2.33. The first kappa shape index (κ1) is 9.97. The van der Waals surface area contributed by atoms with Crippen LogP contribution in [0.5, 0.6) is 0 Å². The van der Waals surface area contributed by atoms with Gasteiger partial charge in [-0.15, -0.1) is 0 Å². The third-order valence-corrected chi connectivity index (χ3v) is 3.08. The highest BCUT2D eigenvalue weighted by Crippen LogP contribution is 2.28. The SMILES string of the molecule is CCC1CCCN1c1cnccc1C#N. The van der Waals surface area contributed by atoms with Crippen LogP contribution < -0.4 is 4.90 Å². The molecule has 1 unspecified atom stereocenters. The number of aromatic nitrogens is 1. The summed E-state index contributed by atoms with van der Waals surface area (Å²) in [7, 11) is 0. The second-order valence-electron chi connectivity index (χ2n) is 3.90. The summed E-state index contributed by atoms with van der Waals surface area (Å²) in [5, 5.41) is 9.03. The van der Waals surface area contributed by atoms with Crippen LogP contribution in [0, 0.1) is 11.3 Å². The van der Waals surface area contributed by atoms with Crippen LogP contribution in [0.25, 0.3) is 0 Å². The highest BCUT2D eigenvalue weighted by atomic mass is 15.2. The summed E-state index contributed by atoms with van der Waals surface area (Å²) in [6.45, 7) is 3.25. The van der Waals surface area contributed by atoms with Gasteiger partial charge in [-0.2, -0.15) is 5.26 Å². The molecule has 2 rings (SSSR count). The number of pyridine rings is 1. The van der Waals surface area contributed by atoms with Crippen molar-refractivity contribution in [1.82, 2.24) is 4.98 Å². The molecule has 0 spiro atoms. The van der Waals surface area contributed by atoms with Crippen LogP contribution in [-0.2, 0) is 0 Å². The van der Waals surface area contributed by atoms with E-state index in [2.05, 4.69) is 22.9 Å². The van der Waals surface area contributed by atoms with Gasteiger partial charge in [-0.05, 0) is 25.3 Å². The van der Waals surface area contributed by atoms with Crippen molar-refractivity contribution >= 4 is 5.69 Å². The molecule has 3 nitrogen and oxygen atoms in total. The molecule has 0 aliphatic carbocycles. The van der Waals surface area contributed by atoms with E-state index in [0.29, 0.717) is 6.04 Å². The average molecular weight is 201 g/mol. The number of hydrogen-bond acceptors (Lipinski definition) is 3. The van der Waals surface area contributed by atoms with E-state index >= 15 is 0 Å². The number of nitriles is 1. The maximum Gasteiger partial charge on any atom is 0.101 e. The minimum atomic E-state index is 0.585. The van der Waals surface area contributed by atoms with E-state index in [4.69, 9.17) is 5.26 Å². The molecule has 0 aromatic carbocycles. The zero-order chi connectivity index (χ0) is 10.7. The predicted molar refractivity (Wildman–Crippen MR) is 59.6 cm³/mol. The monoisotopic (exact) mass is 201 g/mol. The Labute approximate surface area is 90.4 Å². The molecule has 1 atom stereocenters. The second-order valence-corrected chi connectivity index (χ2v) is 3.90. The van der Waals surface area contributed by atoms with E-state index in [0.717, 1.165) is 24.2 Å². The zero-order valence-electron chi connectivity index (χ0n) is 8.98. The lowest BCUT2D eigenvalue weighted by Crippen LogP contribution is -2.29. The molecule has 15 heavy (non-hydrogen) atoms. The van der Waals surface area contributed by atoms with Crippen LogP contribution in [0.2, 0.25) is 0 Å². The largest absolute Gasteiger partial charge is 0.366 e. The van der Waals surface area contributed by atoms with E-state index < -0.39 is 0 Å². The molecule has 2 heterocycles. The number of rotatable bonds is 2. The number of nitrogens with zero attached hydrogens (tertiary/aromatic N) is 3. The molecule has 0 amide bonds. The summed E-state index contributed by atoms with van der Waals surface area (Å²) < 4.78 is 0. The van der Waals surface area contributed by atoms with Crippen LogP contribution in [0.15, 0.2) is 18.5 Å². The van der Waals surface area contributed by atoms with Gasteiger partial charge in [0.15, 0.2) is 0 Å². The van der Waals surface area contributed by atoms with Crippen molar-refractivity contribution in [1.29, 1.82) is 5.26 Å². The third kappa shape index (κ3) is 1.80. The van der Waals surface area contributed by atoms with Crippen LogP contribution in [0.4, 0.5) is 5.69 Å². The summed E-state index contributed by atoms with van der Waals surface area (Å²) in [5.74, 6) is 0. The molecule has 0 radical (unpaired) electrons. The normalized spacial score (nSPS) is 20.3. The quantitative estimate of drug-likeness (QED) is 0.737. The summed E-state index contributed by atoms with van der Waals surface area (Å²) in [5.41, 5.74) is 1.75. The molecule has 1 aliphatic heterocycles. The Kier molecular flexibility index (Phi) is 2.86. The molecule has 1 aliphatic rings. The molecule has 1 saturated heterocycles. The van der Waals surface area contributed by atoms with Crippen LogP contribution >= 0.6 is 0 Å². The molecule has 3 heteroatoms. The Morgan fingerprint density at radius 1 is 1.67 bits per heavy atom. The lowest BCUT2D eigenvalue weighted by molar-refractivity contribution is 0.644. The molecular formula is C12H15N3. The van der Waals surface area contributed by atoms with Crippen molar-refractivity contribution in [2.75, 3.05) is 11.4 Å². The van der Waals surface area contributed by atoms with E-state index in [1.165, 1.54) is 12.8 Å². The van der Waals surface area contributed by atoms with Gasteiger partial charge in [-0.3, -0.25) is 4.98 Å². The van der Waals surface area contributed by atoms with Crippen molar-refractivity contribution in [2.45, 2.75) is 32.2 Å². The Hall–Kier alpha value is -1.56.